The van der Waals surface area contributed by atoms with E-state index in [0.29, 0.717) is 12.2 Å². The van der Waals surface area contributed by atoms with Crippen molar-refractivity contribution in [3.63, 3.8) is 0 Å². The van der Waals surface area contributed by atoms with E-state index >= 15 is 0 Å². The number of benzene rings is 1. The van der Waals surface area contributed by atoms with Gasteiger partial charge in [-0.2, -0.15) is 0 Å². The third-order valence-corrected chi connectivity index (χ3v) is 6.57. The first-order valence-electron chi connectivity index (χ1n) is 8.74. The number of carbonyl (C=O) groups excluding carboxylic acids is 1. The van der Waals surface area contributed by atoms with Crippen LogP contribution >= 0.6 is 0 Å². The van der Waals surface area contributed by atoms with Gasteiger partial charge < -0.3 is 10.2 Å². The minimum atomic E-state index is -0.638. The molecule has 23 heavy (non-hydrogen) atoms. The van der Waals surface area contributed by atoms with Crippen molar-refractivity contribution in [2.45, 2.75) is 64.7 Å². The third-order valence-electron chi connectivity index (χ3n) is 6.57. The van der Waals surface area contributed by atoms with E-state index in [1.54, 1.807) is 0 Å². The normalized spacial score (nSPS) is 33.5. The lowest BCUT2D eigenvalue weighted by atomic mass is 9.49. The van der Waals surface area contributed by atoms with Crippen molar-refractivity contribution in [2.75, 3.05) is 6.61 Å². The van der Waals surface area contributed by atoms with E-state index in [-0.39, 0.29) is 29.6 Å². The number of Topliss-reactive ketones (excluding diaryl/α,β-unsaturated/α-hetero) is 1. The summed E-state index contributed by atoms with van der Waals surface area (Å²) in [6, 6.07) is 4.09. The van der Waals surface area contributed by atoms with E-state index in [0.717, 1.165) is 24.8 Å². The number of aromatic hydroxyl groups is 1. The Kier molecular flexibility index (Phi) is 3.83. The number of aliphatic hydroxyl groups is 1. The van der Waals surface area contributed by atoms with E-state index in [2.05, 4.69) is 26.8 Å². The number of phenols is 1. The van der Waals surface area contributed by atoms with Crippen LogP contribution in [0.5, 0.6) is 5.75 Å². The van der Waals surface area contributed by atoms with Gasteiger partial charge in [-0.1, -0.05) is 33.8 Å². The molecule has 3 rings (SSSR count). The fourth-order valence-corrected chi connectivity index (χ4v) is 5.04. The molecule has 0 spiro atoms. The summed E-state index contributed by atoms with van der Waals surface area (Å²) in [6.45, 7) is 8.29. The second-order valence-electron chi connectivity index (χ2n) is 8.23. The first-order valence-corrected chi connectivity index (χ1v) is 8.74. The molecule has 2 aliphatic carbocycles. The van der Waals surface area contributed by atoms with E-state index in [1.165, 1.54) is 11.1 Å². The summed E-state index contributed by atoms with van der Waals surface area (Å²) >= 11 is 0. The lowest BCUT2D eigenvalue weighted by Gasteiger charge is -2.54. The van der Waals surface area contributed by atoms with Gasteiger partial charge in [-0.15, -0.1) is 0 Å². The van der Waals surface area contributed by atoms with Gasteiger partial charge in [0, 0.05) is 6.42 Å². The van der Waals surface area contributed by atoms with Crippen molar-refractivity contribution in [3.8, 4) is 5.75 Å². The molecule has 1 saturated carbocycles. The first kappa shape index (κ1) is 16.5. The summed E-state index contributed by atoms with van der Waals surface area (Å²) in [7, 11) is 0. The van der Waals surface area contributed by atoms with Gasteiger partial charge in [0.1, 0.15) is 11.5 Å². The molecule has 0 bridgehead atoms. The van der Waals surface area contributed by atoms with Crippen LogP contribution in [0.4, 0.5) is 0 Å². The number of ketones is 1. The van der Waals surface area contributed by atoms with Crippen molar-refractivity contribution in [3.05, 3.63) is 28.8 Å². The molecule has 3 heteroatoms. The van der Waals surface area contributed by atoms with Crippen molar-refractivity contribution in [2.24, 2.45) is 11.3 Å². The third kappa shape index (κ3) is 2.24. The Morgan fingerprint density at radius 3 is 2.57 bits per heavy atom. The van der Waals surface area contributed by atoms with E-state index < -0.39 is 5.41 Å². The quantitative estimate of drug-likeness (QED) is 0.874. The zero-order chi connectivity index (χ0) is 17.0. The number of phenolic OH excluding ortho intramolecular Hbond substituents is 1. The molecule has 2 aliphatic rings. The lowest BCUT2D eigenvalue weighted by molar-refractivity contribution is -0.142. The molecule has 1 fully saturated rings. The van der Waals surface area contributed by atoms with Crippen LogP contribution in [0.1, 0.15) is 69.6 Å². The predicted molar refractivity (Wildman–Crippen MR) is 90.8 cm³/mol. The molecular weight excluding hydrogens is 288 g/mol. The van der Waals surface area contributed by atoms with Gasteiger partial charge in [-0.25, -0.2) is 0 Å². The molecule has 3 nitrogen and oxygen atoms in total. The van der Waals surface area contributed by atoms with Crippen LogP contribution in [-0.2, 0) is 16.6 Å². The van der Waals surface area contributed by atoms with Crippen molar-refractivity contribution in [1.29, 1.82) is 0 Å². The minimum absolute atomic E-state index is 0.0729. The molecule has 3 unspecified atom stereocenters. The average Bonchev–Trinajstić information content (AvgIpc) is 2.50. The fraction of sp³-hybridized carbons (Fsp3) is 0.650. The van der Waals surface area contributed by atoms with Crippen molar-refractivity contribution < 1.29 is 15.0 Å². The average molecular weight is 316 g/mol. The van der Waals surface area contributed by atoms with E-state index in [9.17, 15) is 15.0 Å². The summed E-state index contributed by atoms with van der Waals surface area (Å²) in [5.41, 5.74) is 2.73. The van der Waals surface area contributed by atoms with Gasteiger partial charge >= 0.3 is 0 Å². The van der Waals surface area contributed by atoms with Crippen LogP contribution in [0.25, 0.3) is 0 Å². The number of aliphatic hydroxyl groups excluding tert-OH is 1. The Hall–Kier alpha value is -1.35. The SMILES string of the molecule is CC(C)c1cc2c(cc1O)CCC1C(C)(CO)C(=O)CCC21C. The number of hydrogen-bond acceptors (Lipinski definition) is 3. The van der Waals surface area contributed by atoms with Crippen LogP contribution in [0.2, 0.25) is 0 Å². The highest BCUT2D eigenvalue weighted by molar-refractivity contribution is 5.86. The molecule has 2 N–H and O–H groups in total. The van der Waals surface area contributed by atoms with Crippen LogP contribution in [-0.4, -0.2) is 22.6 Å². The second-order valence-corrected chi connectivity index (χ2v) is 8.23. The Labute approximate surface area is 138 Å². The summed E-state index contributed by atoms with van der Waals surface area (Å²) in [5, 5.41) is 20.3. The van der Waals surface area contributed by atoms with Crippen LogP contribution in [0, 0.1) is 11.3 Å². The molecule has 1 aromatic carbocycles. The van der Waals surface area contributed by atoms with Gasteiger partial charge in [-0.05, 0) is 59.3 Å². The zero-order valence-electron chi connectivity index (χ0n) is 14.6. The molecule has 0 aromatic heterocycles. The summed E-state index contributed by atoms with van der Waals surface area (Å²) in [4.78, 5) is 12.5. The van der Waals surface area contributed by atoms with Gasteiger partial charge in [0.05, 0.1) is 12.0 Å². The molecular formula is C20H28O3. The molecule has 0 heterocycles. The molecule has 3 atom stereocenters. The van der Waals surface area contributed by atoms with Crippen LogP contribution in [0.3, 0.4) is 0 Å². The molecule has 0 aliphatic heterocycles. The molecule has 1 aromatic rings. The standard InChI is InChI=1S/C20H28O3/c1-12(2)14-10-15-13(9-16(14)22)5-6-17-19(15,3)8-7-18(23)20(17,4)11-21/h9-10,12,17,21-22H,5-8,11H2,1-4H3. The van der Waals surface area contributed by atoms with Crippen molar-refractivity contribution in [1.82, 2.24) is 0 Å². The number of aryl methyl sites for hydroxylation is 1. The largest absolute Gasteiger partial charge is 0.508 e. The first-order chi connectivity index (χ1) is 10.7. The van der Waals surface area contributed by atoms with E-state index in [4.69, 9.17) is 0 Å². The second kappa shape index (κ2) is 5.34. The molecule has 0 radical (unpaired) electrons. The number of rotatable bonds is 2. The predicted octanol–water partition coefficient (Wildman–Crippen LogP) is 3.70. The maximum Gasteiger partial charge on any atom is 0.141 e. The van der Waals surface area contributed by atoms with Gasteiger partial charge in [-0.3, -0.25) is 4.79 Å². The highest BCUT2D eigenvalue weighted by Gasteiger charge is 2.55. The van der Waals surface area contributed by atoms with Gasteiger partial charge in [0.25, 0.3) is 0 Å². The smallest absolute Gasteiger partial charge is 0.141 e. The number of hydrogen-bond donors (Lipinski definition) is 2. The van der Waals surface area contributed by atoms with Crippen LogP contribution in [0.15, 0.2) is 12.1 Å². The number of carbonyl (C=O) groups is 1. The van der Waals surface area contributed by atoms with Gasteiger partial charge in [0.15, 0.2) is 0 Å². The maximum absolute atomic E-state index is 12.5. The highest BCUT2D eigenvalue weighted by Crippen LogP contribution is 2.56. The fourth-order valence-electron chi connectivity index (χ4n) is 5.04. The summed E-state index contributed by atoms with van der Waals surface area (Å²) < 4.78 is 0. The topological polar surface area (TPSA) is 57.5 Å². The Morgan fingerprint density at radius 2 is 1.96 bits per heavy atom. The molecule has 0 saturated heterocycles. The Bertz CT molecular complexity index is 649. The Balaban J connectivity index is 2.16. The van der Waals surface area contributed by atoms with Gasteiger partial charge in [0.2, 0.25) is 0 Å². The maximum atomic E-state index is 12.5. The van der Waals surface area contributed by atoms with E-state index in [1.807, 2.05) is 13.0 Å². The summed E-state index contributed by atoms with van der Waals surface area (Å²) in [5.74, 6) is 1.02. The number of fused-ring (bicyclic) bond motifs is 3. The highest BCUT2D eigenvalue weighted by atomic mass is 16.3. The lowest BCUT2D eigenvalue weighted by Crippen LogP contribution is -2.55. The Morgan fingerprint density at radius 1 is 1.26 bits per heavy atom. The monoisotopic (exact) mass is 316 g/mol. The zero-order valence-corrected chi connectivity index (χ0v) is 14.6. The van der Waals surface area contributed by atoms with Crippen LogP contribution < -0.4 is 0 Å². The molecule has 126 valence electrons. The molecule has 0 amide bonds. The minimum Gasteiger partial charge on any atom is -0.508 e. The summed E-state index contributed by atoms with van der Waals surface area (Å²) in [6.07, 6.45) is 3.12. The van der Waals surface area contributed by atoms with Crippen molar-refractivity contribution >= 4 is 5.78 Å².